The molecule has 3 aliphatic heterocycles. The van der Waals surface area contributed by atoms with Gasteiger partial charge in [-0.05, 0) is 45.2 Å². The Balaban J connectivity index is 1.51. The van der Waals surface area contributed by atoms with E-state index in [1.165, 1.54) is 32.5 Å². The summed E-state index contributed by atoms with van der Waals surface area (Å²) in [6, 6.07) is 2.33. The van der Waals surface area contributed by atoms with Gasteiger partial charge in [0.25, 0.3) is 5.91 Å². The van der Waals surface area contributed by atoms with Crippen molar-refractivity contribution in [2.45, 2.75) is 56.9 Å². The highest BCUT2D eigenvalue weighted by molar-refractivity contribution is 7.12. The van der Waals surface area contributed by atoms with Crippen LogP contribution < -0.4 is 5.32 Å². The lowest BCUT2D eigenvalue weighted by Gasteiger charge is -2.60. The van der Waals surface area contributed by atoms with Gasteiger partial charge in [-0.3, -0.25) is 33.8 Å². The second kappa shape index (κ2) is 10.5. The largest absolute Gasteiger partial charge is 0.492 e. The molecule has 5 aliphatic rings. The molecule has 1 fully saturated rings. The molecular weight excluding hydrogens is 572 g/mol. The Morgan fingerprint density at radius 2 is 1.56 bits per heavy atom. The molecule has 1 saturated heterocycles. The van der Waals surface area contributed by atoms with Gasteiger partial charge < -0.3 is 14.8 Å². The van der Waals surface area contributed by atoms with Crippen molar-refractivity contribution in [3.63, 3.8) is 0 Å². The van der Waals surface area contributed by atoms with Crippen LogP contribution in [0.25, 0.3) is 0 Å². The van der Waals surface area contributed by atoms with Crippen molar-refractivity contribution in [1.82, 2.24) is 15.1 Å². The molecule has 0 spiro atoms. The Labute approximate surface area is 252 Å². The normalized spacial score (nSPS) is 29.3. The second-order valence-corrected chi connectivity index (χ2v) is 12.2. The van der Waals surface area contributed by atoms with Crippen molar-refractivity contribution in [3.8, 4) is 6.07 Å². The first-order chi connectivity index (χ1) is 20.6. The number of piperazine rings is 1. The summed E-state index contributed by atoms with van der Waals surface area (Å²) in [7, 11) is 4.49. The number of rotatable bonds is 5. The summed E-state index contributed by atoms with van der Waals surface area (Å²) >= 11 is 1.27. The van der Waals surface area contributed by atoms with Gasteiger partial charge in [-0.2, -0.15) is 5.26 Å². The Kier molecular flexibility index (Phi) is 7.07. The molecule has 5 atom stereocenters. The Bertz CT molecular complexity index is 1670. The van der Waals surface area contributed by atoms with Gasteiger partial charge in [-0.15, -0.1) is 11.3 Å². The molecule has 1 amide bonds. The van der Waals surface area contributed by atoms with E-state index in [-0.39, 0.29) is 70.7 Å². The van der Waals surface area contributed by atoms with E-state index in [0.29, 0.717) is 16.0 Å². The van der Waals surface area contributed by atoms with Crippen molar-refractivity contribution in [2.24, 2.45) is 0 Å². The van der Waals surface area contributed by atoms with E-state index in [1.807, 2.05) is 16.8 Å². The van der Waals surface area contributed by atoms with Gasteiger partial charge >= 0.3 is 0 Å². The van der Waals surface area contributed by atoms with Gasteiger partial charge in [0.05, 0.1) is 37.2 Å². The minimum absolute atomic E-state index is 0.0209. The van der Waals surface area contributed by atoms with Crippen molar-refractivity contribution >= 4 is 40.4 Å². The third kappa shape index (κ3) is 4.02. The minimum Gasteiger partial charge on any atom is -0.492 e. The van der Waals surface area contributed by atoms with E-state index >= 15 is 0 Å². The van der Waals surface area contributed by atoms with Crippen LogP contribution in [0.1, 0.15) is 36.4 Å². The maximum atomic E-state index is 13.9. The first kappa shape index (κ1) is 28.9. The molecule has 1 aromatic heterocycles. The number of ether oxygens (including phenoxy) is 2. The van der Waals surface area contributed by atoms with Crippen LogP contribution in [0, 0.1) is 11.3 Å². The molecule has 11 nitrogen and oxygen atoms in total. The van der Waals surface area contributed by atoms with Gasteiger partial charge in [-0.25, -0.2) is 0 Å². The molecule has 0 saturated carbocycles. The van der Waals surface area contributed by atoms with Crippen LogP contribution in [0.3, 0.4) is 0 Å². The number of hydrogen-bond donors (Lipinski definition) is 1. The number of nitriles is 1. The number of allylic oxidation sites excluding steroid dienone is 4. The lowest BCUT2D eigenvalue weighted by Crippen LogP contribution is -2.74. The molecule has 1 N–H and O–H groups in total. The van der Waals surface area contributed by atoms with Gasteiger partial charge in [0, 0.05) is 52.1 Å². The molecule has 2 bridgehead atoms. The zero-order valence-electron chi connectivity index (χ0n) is 24.3. The van der Waals surface area contributed by atoms with E-state index in [0.717, 1.165) is 0 Å². The number of thiophene rings is 1. The SMILES string of the molecule is COC1=C(C)C(=O)C2=C(C1=O)[C@@H]1[C@@H]3CC4=C(C(=O)C(OC)=C(C)C4=O)[C@H](CNC(=O)c4cccs4)N3[C@@H](C#N)[C@H](C2)N1C. The lowest BCUT2D eigenvalue weighted by atomic mass is 9.67. The molecule has 0 unspecified atom stereocenters. The van der Waals surface area contributed by atoms with Crippen LogP contribution >= 0.6 is 11.3 Å². The fraction of sp³-hybridized carbons (Fsp3) is 0.419. The maximum Gasteiger partial charge on any atom is 0.261 e. The van der Waals surface area contributed by atoms with Crippen LogP contribution in [0.2, 0.25) is 0 Å². The summed E-state index contributed by atoms with van der Waals surface area (Å²) in [5.74, 6) is -1.94. The van der Waals surface area contributed by atoms with Gasteiger partial charge in [0.2, 0.25) is 11.6 Å². The Hall–Kier alpha value is -4.18. The number of ketones is 4. The summed E-state index contributed by atoms with van der Waals surface area (Å²) in [5.41, 5.74) is 1.51. The number of carbonyl (C=O) groups excluding carboxylic acids is 5. The van der Waals surface area contributed by atoms with Gasteiger partial charge in [0.1, 0.15) is 6.04 Å². The van der Waals surface area contributed by atoms with Crippen LogP contribution in [0.15, 0.2) is 62.5 Å². The molecule has 2 aliphatic carbocycles. The van der Waals surface area contributed by atoms with Crippen LogP contribution in [-0.2, 0) is 28.7 Å². The van der Waals surface area contributed by atoms with E-state index in [9.17, 15) is 29.2 Å². The highest BCUT2D eigenvalue weighted by atomic mass is 32.1. The Morgan fingerprint density at radius 1 is 0.977 bits per heavy atom. The van der Waals surface area contributed by atoms with Crippen LogP contribution in [-0.4, -0.2) is 96.9 Å². The van der Waals surface area contributed by atoms with Crippen LogP contribution in [0.5, 0.6) is 0 Å². The molecule has 4 heterocycles. The fourth-order valence-electron chi connectivity index (χ4n) is 7.50. The molecule has 1 aromatic rings. The monoisotopic (exact) mass is 602 g/mol. The number of nitrogens with zero attached hydrogens (tertiary/aromatic N) is 3. The van der Waals surface area contributed by atoms with E-state index in [4.69, 9.17) is 9.47 Å². The van der Waals surface area contributed by atoms with Gasteiger partial charge in [-0.1, -0.05) is 6.07 Å². The van der Waals surface area contributed by atoms with E-state index in [2.05, 4.69) is 11.4 Å². The zero-order chi connectivity index (χ0) is 30.9. The van der Waals surface area contributed by atoms with Crippen molar-refractivity contribution in [2.75, 3.05) is 27.8 Å². The second-order valence-electron chi connectivity index (χ2n) is 11.3. The molecule has 6 rings (SSSR count). The van der Waals surface area contributed by atoms with Crippen molar-refractivity contribution in [1.29, 1.82) is 5.26 Å². The number of methoxy groups -OCH3 is 2. The smallest absolute Gasteiger partial charge is 0.261 e. The van der Waals surface area contributed by atoms with E-state index < -0.39 is 41.8 Å². The summed E-state index contributed by atoms with van der Waals surface area (Å²) < 4.78 is 10.7. The predicted molar refractivity (Wildman–Crippen MR) is 154 cm³/mol. The third-order valence-corrected chi connectivity index (χ3v) is 10.3. The average molecular weight is 603 g/mol. The average Bonchev–Trinajstić information content (AvgIpc) is 3.53. The predicted octanol–water partition coefficient (Wildman–Crippen LogP) is 1.64. The number of hydrogen-bond acceptors (Lipinski definition) is 11. The number of likely N-dealkylation sites (N-methyl/N-ethyl adjacent to an activating group) is 1. The fourth-order valence-corrected chi connectivity index (χ4v) is 8.14. The molecule has 0 radical (unpaired) electrons. The summed E-state index contributed by atoms with van der Waals surface area (Å²) in [5, 5.41) is 15.3. The topological polar surface area (TPSA) is 146 Å². The van der Waals surface area contributed by atoms with Gasteiger partial charge in [0.15, 0.2) is 23.1 Å². The standard InChI is InChI=1S/C31H30N4O7S/c1-13-25(36)15-10-18-24-23-16(26(37)14(2)30(42-5)28(23)39)9-17(34(24)3)19(11-32)35(18)20(22(15)27(38)29(13)41-4)12-33-31(40)21-7-6-8-43-21/h6-8,17-20,24H,9-10,12H2,1-5H3,(H,33,40)/t17-,18-,19-,20-,24-/m0/s1. The first-order valence-electron chi connectivity index (χ1n) is 13.9. The summed E-state index contributed by atoms with van der Waals surface area (Å²) in [6.45, 7) is 3.03. The quantitative estimate of drug-likeness (QED) is 0.494. The maximum absolute atomic E-state index is 13.9. The molecule has 12 heteroatoms. The third-order valence-electron chi connectivity index (χ3n) is 9.41. The molecule has 43 heavy (non-hydrogen) atoms. The van der Waals surface area contributed by atoms with Crippen LogP contribution in [0.4, 0.5) is 0 Å². The molecular formula is C31H30N4O7S. The number of carbonyl (C=O) groups is 5. The summed E-state index contributed by atoms with van der Waals surface area (Å²) in [6.07, 6.45) is 0.213. The van der Waals surface area contributed by atoms with Crippen molar-refractivity contribution in [3.05, 3.63) is 67.3 Å². The lowest BCUT2D eigenvalue weighted by molar-refractivity contribution is -0.125. The minimum atomic E-state index is -0.869. The molecule has 222 valence electrons. The highest BCUT2D eigenvalue weighted by Gasteiger charge is 2.59. The number of nitrogens with one attached hydrogen (secondary N) is 1. The number of amides is 1. The zero-order valence-corrected chi connectivity index (χ0v) is 25.2. The van der Waals surface area contributed by atoms with E-state index in [1.54, 1.807) is 24.4 Å². The highest BCUT2D eigenvalue weighted by Crippen LogP contribution is 2.49. The van der Waals surface area contributed by atoms with Crippen molar-refractivity contribution < 1.29 is 33.4 Å². The summed E-state index contributed by atoms with van der Waals surface area (Å²) in [4.78, 5) is 72.4. The Morgan fingerprint density at radius 3 is 2.12 bits per heavy atom. The first-order valence-corrected chi connectivity index (χ1v) is 14.8. The number of Topliss-reactive ketones (excluding diaryl/α,β-unsaturated/α-hetero) is 4. The number of fused-ring (bicyclic) bond motifs is 5. The molecule has 0 aromatic carbocycles.